The van der Waals surface area contributed by atoms with Gasteiger partial charge in [0.05, 0.1) is 30.9 Å². The predicted molar refractivity (Wildman–Crippen MR) is 96.6 cm³/mol. The number of methoxy groups -OCH3 is 2. The second-order valence-corrected chi connectivity index (χ2v) is 5.79. The summed E-state index contributed by atoms with van der Waals surface area (Å²) in [7, 11) is 2.62. The smallest absolute Gasteiger partial charge is 0.364 e. The molecule has 0 aliphatic carbocycles. The number of ether oxygens (including phenoxy) is 3. The van der Waals surface area contributed by atoms with E-state index in [4.69, 9.17) is 24.8 Å². The summed E-state index contributed by atoms with van der Waals surface area (Å²) in [6.07, 6.45) is 0. The molecule has 29 heavy (non-hydrogen) atoms. The molecule has 0 radical (unpaired) electrons. The number of imide groups is 1. The van der Waals surface area contributed by atoms with E-state index in [1.807, 2.05) is 0 Å². The predicted octanol–water partition coefficient (Wildman–Crippen LogP) is 0.936. The largest absolute Gasteiger partial charge is 0.493 e. The van der Waals surface area contributed by atoms with Gasteiger partial charge in [-0.1, -0.05) is 17.2 Å². The number of amides is 3. The first-order valence-electron chi connectivity index (χ1n) is 8.24. The molecule has 0 atom stereocenters. The molecule has 1 aliphatic heterocycles. The van der Waals surface area contributed by atoms with Gasteiger partial charge in [-0.2, -0.15) is 0 Å². The van der Waals surface area contributed by atoms with E-state index >= 15 is 0 Å². The van der Waals surface area contributed by atoms with Crippen LogP contribution < -0.4 is 19.9 Å². The number of hydroxylamine groups is 2. The summed E-state index contributed by atoms with van der Waals surface area (Å²) in [5.74, 6) is -3.06. The SMILES string of the molecule is COc1cc(C(=O)ON2C(=O)c3ccccc3C2=O)cc(OC)c1OCC(N)=O. The van der Waals surface area contributed by atoms with Gasteiger partial charge in [-0.25, -0.2) is 4.79 Å². The molecule has 0 aromatic heterocycles. The zero-order valence-electron chi connectivity index (χ0n) is 15.5. The Morgan fingerprint density at radius 1 is 0.966 bits per heavy atom. The van der Waals surface area contributed by atoms with Crippen LogP contribution in [0.3, 0.4) is 0 Å². The summed E-state index contributed by atoms with van der Waals surface area (Å²) in [6.45, 7) is -0.439. The Hall–Kier alpha value is -4.08. The summed E-state index contributed by atoms with van der Waals surface area (Å²) in [5.41, 5.74) is 5.25. The zero-order chi connectivity index (χ0) is 21.1. The Bertz CT molecular complexity index is 957. The van der Waals surface area contributed by atoms with E-state index in [1.165, 1.54) is 38.5 Å². The van der Waals surface area contributed by atoms with Crippen LogP contribution in [0.5, 0.6) is 17.2 Å². The number of hydrogen-bond acceptors (Lipinski definition) is 8. The maximum atomic E-state index is 12.6. The molecule has 1 aliphatic rings. The average Bonchev–Trinajstić information content (AvgIpc) is 2.96. The Morgan fingerprint density at radius 2 is 1.48 bits per heavy atom. The number of rotatable bonds is 7. The van der Waals surface area contributed by atoms with Gasteiger partial charge in [0.25, 0.3) is 17.7 Å². The minimum absolute atomic E-state index is 0.0473. The lowest BCUT2D eigenvalue weighted by Gasteiger charge is -2.16. The van der Waals surface area contributed by atoms with Crippen LogP contribution >= 0.6 is 0 Å². The van der Waals surface area contributed by atoms with Crippen molar-refractivity contribution in [2.24, 2.45) is 5.73 Å². The fraction of sp³-hybridized carbons (Fsp3) is 0.158. The molecule has 10 heteroatoms. The third-order valence-corrected chi connectivity index (χ3v) is 3.99. The molecule has 3 rings (SSSR count). The van der Waals surface area contributed by atoms with Crippen LogP contribution in [0.1, 0.15) is 31.1 Å². The van der Waals surface area contributed by atoms with Gasteiger partial charge in [-0.15, -0.1) is 0 Å². The van der Waals surface area contributed by atoms with Crippen molar-refractivity contribution in [3.8, 4) is 17.2 Å². The summed E-state index contributed by atoms with van der Waals surface area (Å²) >= 11 is 0. The van der Waals surface area contributed by atoms with Gasteiger partial charge >= 0.3 is 5.97 Å². The number of nitrogens with two attached hydrogens (primary N) is 1. The van der Waals surface area contributed by atoms with Gasteiger partial charge < -0.3 is 24.8 Å². The molecule has 1 heterocycles. The highest BCUT2D eigenvalue weighted by Gasteiger charge is 2.39. The zero-order valence-corrected chi connectivity index (χ0v) is 15.5. The quantitative estimate of drug-likeness (QED) is 0.679. The third-order valence-electron chi connectivity index (χ3n) is 3.99. The summed E-state index contributed by atoms with van der Waals surface area (Å²) < 4.78 is 15.6. The van der Waals surface area contributed by atoms with Crippen molar-refractivity contribution in [3.05, 3.63) is 53.1 Å². The van der Waals surface area contributed by atoms with Crippen molar-refractivity contribution in [1.82, 2.24) is 5.06 Å². The molecular formula is C19H16N2O8. The molecular weight excluding hydrogens is 384 g/mol. The highest BCUT2D eigenvalue weighted by atomic mass is 16.7. The molecule has 0 fully saturated rings. The van der Waals surface area contributed by atoms with Crippen molar-refractivity contribution in [1.29, 1.82) is 0 Å². The first kappa shape index (κ1) is 19.7. The van der Waals surface area contributed by atoms with E-state index in [0.717, 1.165) is 0 Å². The van der Waals surface area contributed by atoms with Gasteiger partial charge in [-0.05, 0) is 24.3 Å². The lowest BCUT2D eigenvalue weighted by Crippen LogP contribution is -2.32. The molecule has 10 nitrogen and oxygen atoms in total. The monoisotopic (exact) mass is 400 g/mol. The number of nitrogens with zero attached hydrogens (tertiary/aromatic N) is 1. The number of benzene rings is 2. The molecule has 150 valence electrons. The van der Waals surface area contributed by atoms with E-state index in [0.29, 0.717) is 5.06 Å². The second-order valence-electron chi connectivity index (χ2n) is 5.79. The number of primary amides is 1. The topological polar surface area (TPSA) is 134 Å². The lowest BCUT2D eigenvalue weighted by atomic mass is 10.1. The second kappa shape index (κ2) is 7.89. The molecule has 2 aromatic carbocycles. The molecule has 2 aromatic rings. The van der Waals surface area contributed by atoms with Crippen LogP contribution in [0.2, 0.25) is 0 Å². The third kappa shape index (κ3) is 3.68. The number of hydrogen-bond donors (Lipinski definition) is 1. The van der Waals surface area contributed by atoms with Crippen LogP contribution in [0, 0.1) is 0 Å². The van der Waals surface area contributed by atoms with E-state index in [2.05, 4.69) is 0 Å². The molecule has 0 saturated heterocycles. The summed E-state index contributed by atoms with van der Waals surface area (Å²) in [6, 6.07) is 8.60. The summed E-state index contributed by atoms with van der Waals surface area (Å²) in [4.78, 5) is 53.2. The van der Waals surface area contributed by atoms with E-state index < -0.39 is 30.3 Å². The molecule has 3 amide bonds. The first-order chi connectivity index (χ1) is 13.9. The van der Waals surface area contributed by atoms with Crippen molar-refractivity contribution < 1.29 is 38.2 Å². The van der Waals surface area contributed by atoms with Gasteiger partial charge in [0.1, 0.15) is 0 Å². The van der Waals surface area contributed by atoms with Crippen LogP contribution in [0.25, 0.3) is 0 Å². The normalized spacial score (nSPS) is 12.4. The van der Waals surface area contributed by atoms with Crippen molar-refractivity contribution in [2.45, 2.75) is 0 Å². The average molecular weight is 400 g/mol. The Labute approximate surface area is 164 Å². The fourth-order valence-electron chi connectivity index (χ4n) is 2.67. The van der Waals surface area contributed by atoms with Crippen LogP contribution in [-0.4, -0.2) is 49.6 Å². The van der Waals surface area contributed by atoms with Crippen molar-refractivity contribution in [3.63, 3.8) is 0 Å². The highest BCUT2D eigenvalue weighted by molar-refractivity contribution is 6.21. The van der Waals surface area contributed by atoms with E-state index in [9.17, 15) is 19.2 Å². The Balaban J connectivity index is 1.87. The number of fused-ring (bicyclic) bond motifs is 1. The Kier molecular flexibility index (Phi) is 5.35. The molecule has 0 spiro atoms. The Morgan fingerprint density at radius 3 is 1.93 bits per heavy atom. The summed E-state index contributed by atoms with van der Waals surface area (Å²) in [5, 5.41) is 0.392. The van der Waals surface area contributed by atoms with Crippen LogP contribution in [0.15, 0.2) is 36.4 Å². The van der Waals surface area contributed by atoms with Gasteiger partial charge in [-0.3, -0.25) is 14.4 Å². The van der Waals surface area contributed by atoms with Crippen molar-refractivity contribution >= 4 is 23.7 Å². The fourth-order valence-corrected chi connectivity index (χ4v) is 2.67. The molecule has 2 N–H and O–H groups in total. The molecule has 0 saturated carbocycles. The maximum Gasteiger partial charge on any atom is 0.364 e. The number of carbonyl (C=O) groups is 4. The van der Waals surface area contributed by atoms with E-state index in [1.54, 1.807) is 12.1 Å². The van der Waals surface area contributed by atoms with E-state index in [-0.39, 0.29) is 33.9 Å². The highest BCUT2D eigenvalue weighted by Crippen LogP contribution is 2.39. The standard InChI is InChI=1S/C19H16N2O8/c1-26-13-7-10(8-14(27-2)16(13)28-9-15(20)22)19(25)29-21-17(23)11-5-3-4-6-12(11)18(21)24/h3-8H,9H2,1-2H3,(H2,20,22). The molecule has 0 bridgehead atoms. The van der Waals surface area contributed by atoms with Gasteiger partial charge in [0, 0.05) is 0 Å². The van der Waals surface area contributed by atoms with Gasteiger partial charge in [0.15, 0.2) is 18.1 Å². The number of carbonyl (C=O) groups excluding carboxylic acids is 4. The lowest BCUT2D eigenvalue weighted by molar-refractivity contribution is -0.120. The van der Waals surface area contributed by atoms with Crippen LogP contribution in [-0.2, 0) is 9.63 Å². The minimum atomic E-state index is -1.00. The maximum absolute atomic E-state index is 12.6. The van der Waals surface area contributed by atoms with Crippen LogP contribution in [0.4, 0.5) is 0 Å². The minimum Gasteiger partial charge on any atom is -0.493 e. The van der Waals surface area contributed by atoms with Crippen molar-refractivity contribution in [2.75, 3.05) is 20.8 Å². The molecule has 0 unspecified atom stereocenters. The first-order valence-corrected chi connectivity index (χ1v) is 8.24. The van der Waals surface area contributed by atoms with Gasteiger partial charge in [0.2, 0.25) is 5.75 Å².